The third-order valence-electron chi connectivity index (χ3n) is 2.80. The highest BCUT2D eigenvalue weighted by Crippen LogP contribution is 2.21. The molecule has 0 spiro atoms. The van der Waals surface area contributed by atoms with Crippen molar-refractivity contribution >= 4 is 5.82 Å². The fourth-order valence-corrected chi connectivity index (χ4v) is 1.69. The van der Waals surface area contributed by atoms with Crippen LogP contribution in [0.2, 0.25) is 0 Å². The molecule has 88 valence electrons. The molecular weight excluding hydrogens is 210 g/mol. The molecule has 0 saturated carbocycles. The number of anilines is 1. The molecule has 17 heavy (non-hydrogen) atoms. The van der Waals surface area contributed by atoms with Gasteiger partial charge < -0.3 is 5.32 Å². The Morgan fingerprint density at radius 1 is 1.06 bits per heavy atom. The van der Waals surface area contributed by atoms with E-state index < -0.39 is 0 Å². The number of aromatic nitrogens is 2. The Labute approximate surface area is 102 Å². The largest absolute Gasteiger partial charge is 0.373 e. The van der Waals surface area contributed by atoms with E-state index in [1.165, 1.54) is 5.56 Å². The van der Waals surface area contributed by atoms with Gasteiger partial charge in [0.25, 0.3) is 0 Å². The molecule has 0 aliphatic heterocycles. The maximum Gasteiger partial charge on any atom is 0.129 e. The first kappa shape index (κ1) is 11.6. The molecule has 0 saturated heterocycles. The lowest BCUT2D eigenvalue weighted by molar-refractivity contribution is 0.867. The van der Waals surface area contributed by atoms with Crippen molar-refractivity contribution in [1.82, 2.24) is 9.97 Å². The Bertz CT molecular complexity index is 489. The highest BCUT2D eigenvalue weighted by atomic mass is 15.0. The van der Waals surface area contributed by atoms with Gasteiger partial charge in [-0.2, -0.15) is 0 Å². The lowest BCUT2D eigenvalue weighted by Gasteiger charge is -2.07. The van der Waals surface area contributed by atoms with E-state index >= 15 is 0 Å². The summed E-state index contributed by atoms with van der Waals surface area (Å²) in [6.45, 7) is 4.39. The molecule has 1 heterocycles. The van der Waals surface area contributed by atoms with Crippen LogP contribution in [-0.4, -0.2) is 17.0 Å². The molecule has 2 aromatic rings. The molecule has 0 unspecified atom stereocenters. The zero-order valence-corrected chi connectivity index (χ0v) is 10.4. The van der Waals surface area contributed by atoms with E-state index in [0.717, 1.165) is 17.1 Å². The highest BCUT2D eigenvalue weighted by molar-refractivity contribution is 5.62. The zero-order valence-electron chi connectivity index (χ0n) is 10.4. The van der Waals surface area contributed by atoms with E-state index in [4.69, 9.17) is 0 Å². The smallest absolute Gasteiger partial charge is 0.129 e. The summed E-state index contributed by atoms with van der Waals surface area (Å²) in [4.78, 5) is 8.39. The second-order valence-corrected chi connectivity index (χ2v) is 4.32. The SMILES string of the molecule is CNc1cc(-c2ccc(C(C)C)cc2)ncn1. The van der Waals surface area contributed by atoms with Gasteiger partial charge in [-0.3, -0.25) is 0 Å². The fourth-order valence-electron chi connectivity index (χ4n) is 1.69. The zero-order chi connectivity index (χ0) is 12.3. The molecule has 0 bridgehead atoms. The van der Waals surface area contributed by atoms with Crippen LogP contribution in [0.25, 0.3) is 11.3 Å². The monoisotopic (exact) mass is 227 g/mol. The van der Waals surface area contributed by atoms with Crippen molar-refractivity contribution in [1.29, 1.82) is 0 Å². The molecule has 1 N–H and O–H groups in total. The van der Waals surface area contributed by atoms with Crippen molar-refractivity contribution in [2.75, 3.05) is 12.4 Å². The third kappa shape index (κ3) is 2.61. The topological polar surface area (TPSA) is 37.8 Å². The minimum atomic E-state index is 0.558. The van der Waals surface area contributed by atoms with Gasteiger partial charge in [-0.1, -0.05) is 38.1 Å². The van der Waals surface area contributed by atoms with Crippen molar-refractivity contribution in [3.8, 4) is 11.3 Å². The molecule has 3 nitrogen and oxygen atoms in total. The van der Waals surface area contributed by atoms with Crippen molar-refractivity contribution in [3.05, 3.63) is 42.2 Å². The summed E-state index contributed by atoms with van der Waals surface area (Å²) in [5, 5.41) is 3.02. The van der Waals surface area contributed by atoms with Crippen molar-refractivity contribution in [3.63, 3.8) is 0 Å². The second kappa shape index (κ2) is 4.95. The first-order valence-electron chi connectivity index (χ1n) is 5.81. The summed E-state index contributed by atoms with van der Waals surface area (Å²) in [6, 6.07) is 10.5. The van der Waals surface area contributed by atoms with E-state index in [1.807, 2.05) is 13.1 Å². The van der Waals surface area contributed by atoms with Crippen molar-refractivity contribution < 1.29 is 0 Å². The summed E-state index contributed by atoms with van der Waals surface area (Å²) >= 11 is 0. The average Bonchev–Trinajstić information content (AvgIpc) is 2.39. The number of hydrogen-bond donors (Lipinski definition) is 1. The molecule has 3 heteroatoms. The van der Waals surface area contributed by atoms with Gasteiger partial charge in [0.2, 0.25) is 0 Å². The normalized spacial score (nSPS) is 10.6. The predicted octanol–water partition coefficient (Wildman–Crippen LogP) is 3.31. The van der Waals surface area contributed by atoms with E-state index in [0.29, 0.717) is 5.92 Å². The van der Waals surface area contributed by atoms with Crippen molar-refractivity contribution in [2.24, 2.45) is 0 Å². The van der Waals surface area contributed by atoms with E-state index in [1.54, 1.807) is 6.33 Å². The van der Waals surface area contributed by atoms with Crippen LogP contribution in [0.15, 0.2) is 36.7 Å². The van der Waals surface area contributed by atoms with E-state index in [9.17, 15) is 0 Å². The number of rotatable bonds is 3. The maximum atomic E-state index is 4.28. The number of nitrogens with zero attached hydrogens (tertiary/aromatic N) is 2. The van der Waals surface area contributed by atoms with Gasteiger partial charge in [0.05, 0.1) is 5.69 Å². The van der Waals surface area contributed by atoms with Crippen LogP contribution in [0, 0.1) is 0 Å². The molecule has 0 fully saturated rings. The van der Waals surface area contributed by atoms with Crippen LogP contribution in [-0.2, 0) is 0 Å². The lowest BCUT2D eigenvalue weighted by Crippen LogP contribution is -1.94. The van der Waals surface area contributed by atoms with Gasteiger partial charge in [-0.05, 0) is 11.5 Å². The minimum absolute atomic E-state index is 0.558. The Hall–Kier alpha value is -1.90. The fraction of sp³-hybridized carbons (Fsp3) is 0.286. The third-order valence-corrected chi connectivity index (χ3v) is 2.80. The van der Waals surface area contributed by atoms with Gasteiger partial charge in [-0.15, -0.1) is 0 Å². The number of nitrogens with one attached hydrogen (secondary N) is 1. The molecular formula is C14H17N3. The molecule has 1 aromatic heterocycles. The van der Waals surface area contributed by atoms with Gasteiger partial charge in [0.1, 0.15) is 12.1 Å². The average molecular weight is 227 g/mol. The molecule has 0 radical (unpaired) electrons. The van der Waals surface area contributed by atoms with Gasteiger partial charge >= 0.3 is 0 Å². The summed E-state index contributed by atoms with van der Waals surface area (Å²) in [7, 11) is 1.86. The van der Waals surface area contributed by atoms with Gasteiger partial charge in [0.15, 0.2) is 0 Å². The summed E-state index contributed by atoms with van der Waals surface area (Å²) in [6.07, 6.45) is 1.58. The van der Waals surface area contributed by atoms with Gasteiger partial charge in [-0.25, -0.2) is 9.97 Å². The Morgan fingerprint density at radius 2 is 1.76 bits per heavy atom. The summed E-state index contributed by atoms with van der Waals surface area (Å²) in [5.41, 5.74) is 3.41. The summed E-state index contributed by atoms with van der Waals surface area (Å²) < 4.78 is 0. The molecule has 0 aliphatic rings. The first-order chi connectivity index (χ1) is 8.20. The quantitative estimate of drug-likeness (QED) is 0.874. The summed E-state index contributed by atoms with van der Waals surface area (Å²) in [5.74, 6) is 1.39. The lowest BCUT2D eigenvalue weighted by atomic mass is 10.0. The Morgan fingerprint density at radius 3 is 2.35 bits per heavy atom. The van der Waals surface area contributed by atoms with Crippen molar-refractivity contribution in [2.45, 2.75) is 19.8 Å². The maximum absolute atomic E-state index is 4.28. The van der Waals surface area contributed by atoms with E-state index in [2.05, 4.69) is 53.4 Å². The molecule has 0 aliphatic carbocycles. The Balaban J connectivity index is 2.32. The van der Waals surface area contributed by atoms with Gasteiger partial charge in [0, 0.05) is 18.7 Å². The minimum Gasteiger partial charge on any atom is -0.373 e. The van der Waals surface area contributed by atoms with Crippen LogP contribution in [0.1, 0.15) is 25.3 Å². The highest BCUT2D eigenvalue weighted by Gasteiger charge is 2.03. The molecule has 2 rings (SSSR count). The first-order valence-corrected chi connectivity index (χ1v) is 5.81. The molecule has 1 aromatic carbocycles. The number of hydrogen-bond acceptors (Lipinski definition) is 3. The van der Waals surface area contributed by atoms with Crippen LogP contribution in [0.3, 0.4) is 0 Å². The second-order valence-electron chi connectivity index (χ2n) is 4.32. The molecule has 0 amide bonds. The van der Waals surface area contributed by atoms with Crippen LogP contribution < -0.4 is 5.32 Å². The van der Waals surface area contributed by atoms with Crippen LogP contribution >= 0.6 is 0 Å². The number of benzene rings is 1. The van der Waals surface area contributed by atoms with Crippen LogP contribution in [0.5, 0.6) is 0 Å². The Kier molecular flexibility index (Phi) is 3.38. The molecule has 0 atom stereocenters. The van der Waals surface area contributed by atoms with E-state index in [-0.39, 0.29) is 0 Å². The van der Waals surface area contributed by atoms with Crippen LogP contribution in [0.4, 0.5) is 5.82 Å². The predicted molar refractivity (Wildman–Crippen MR) is 71.1 cm³/mol. The standard InChI is InChI=1S/C14H17N3/c1-10(2)11-4-6-12(7-5-11)13-8-14(15-3)17-9-16-13/h4-10H,1-3H3,(H,15,16,17).